The molecular formula is C19H22F5NO2. The fourth-order valence-electron chi connectivity index (χ4n) is 3.83. The predicted octanol–water partition coefficient (Wildman–Crippen LogP) is 5.30. The molecule has 1 aromatic carbocycles. The molecule has 0 atom stereocenters. The van der Waals surface area contributed by atoms with Crippen LogP contribution in [0.15, 0.2) is 6.07 Å². The first kappa shape index (κ1) is 19.9. The topological polar surface area (TPSA) is 29.5 Å². The Morgan fingerprint density at radius 3 is 2.44 bits per heavy atom. The molecule has 3 rings (SSSR count). The van der Waals surface area contributed by atoms with Crippen molar-refractivity contribution >= 4 is 11.7 Å². The third-order valence-corrected chi connectivity index (χ3v) is 5.34. The molecule has 27 heavy (non-hydrogen) atoms. The number of ether oxygens (including phenoxy) is 1. The van der Waals surface area contributed by atoms with E-state index < -0.39 is 30.1 Å². The van der Waals surface area contributed by atoms with Gasteiger partial charge in [-0.05, 0) is 49.3 Å². The Hall–Kier alpha value is -1.86. The summed E-state index contributed by atoms with van der Waals surface area (Å²) in [5, 5.41) is 0. The van der Waals surface area contributed by atoms with Gasteiger partial charge in [-0.1, -0.05) is 0 Å². The van der Waals surface area contributed by atoms with Gasteiger partial charge in [0, 0.05) is 25.9 Å². The third-order valence-electron chi connectivity index (χ3n) is 5.34. The van der Waals surface area contributed by atoms with Gasteiger partial charge in [0.25, 0.3) is 0 Å². The first-order valence-electron chi connectivity index (χ1n) is 9.01. The number of hydrogen-bond donors (Lipinski definition) is 0. The van der Waals surface area contributed by atoms with E-state index in [2.05, 4.69) is 0 Å². The van der Waals surface area contributed by atoms with E-state index in [9.17, 15) is 26.7 Å². The number of methoxy groups -OCH3 is 1. The van der Waals surface area contributed by atoms with Crippen molar-refractivity contribution in [2.75, 3.05) is 25.1 Å². The molecule has 2 aliphatic rings. The highest BCUT2D eigenvalue weighted by atomic mass is 19.4. The molecule has 2 fully saturated rings. The zero-order chi connectivity index (χ0) is 20.0. The maximum absolute atomic E-state index is 13.7. The Labute approximate surface area is 154 Å². The highest BCUT2D eigenvalue weighted by Crippen LogP contribution is 2.49. The van der Waals surface area contributed by atoms with E-state index in [0.29, 0.717) is 12.8 Å². The Morgan fingerprint density at radius 1 is 1.22 bits per heavy atom. The molecule has 0 spiro atoms. The van der Waals surface area contributed by atoms with E-state index in [1.807, 2.05) is 0 Å². The molecule has 3 nitrogen and oxygen atoms in total. The Balaban J connectivity index is 2.16. The minimum absolute atomic E-state index is 0.0219. The van der Waals surface area contributed by atoms with Crippen LogP contribution in [0.1, 0.15) is 65.1 Å². The van der Waals surface area contributed by atoms with E-state index in [0.717, 1.165) is 7.11 Å². The van der Waals surface area contributed by atoms with Gasteiger partial charge in [-0.2, -0.15) is 13.2 Å². The number of carbonyl (C=O) groups excluding carboxylic acids is 1. The average Bonchev–Trinajstić information content (AvgIpc) is 3.40. The molecule has 0 aromatic heterocycles. The summed E-state index contributed by atoms with van der Waals surface area (Å²) < 4.78 is 73.3. The lowest BCUT2D eigenvalue weighted by Gasteiger charge is -2.29. The number of benzene rings is 1. The van der Waals surface area contributed by atoms with Gasteiger partial charge in [-0.3, -0.25) is 0 Å². The van der Waals surface area contributed by atoms with Crippen molar-refractivity contribution in [3.8, 4) is 0 Å². The van der Waals surface area contributed by atoms with E-state index in [1.54, 1.807) is 4.90 Å². The highest BCUT2D eigenvalue weighted by Gasteiger charge is 2.43. The smallest absolute Gasteiger partial charge is 0.416 e. The molecule has 0 amide bonds. The number of alkyl halides is 5. The second-order valence-electron chi connectivity index (χ2n) is 7.32. The van der Waals surface area contributed by atoms with Crippen LogP contribution in [0.25, 0.3) is 0 Å². The van der Waals surface area contributed by atoms with Crippen LogP contribution in [0.5, 0.6) is 0 Å². The van der Waals surface area contributed by atoms with Crippen molar-refractivity contribution in [2.45, 2.75) is 57.0 Å². The normalized spacial score (nSPS) is 20.3. The maximum Gasteiger partial charge on any atom is 0.416 e. The number of rotatable bonds is 3. The molecule has 1 saturated heterocycles. The summed E-state index contributed by atoms with van der Waals surface area (Å²) in [6, 6.07) is 1.38. The second kappa shape index (κ2) is 6.95. The van der Waals surface area contributed by atoms with Crippen LogP contribution in [0.2, 0.25) is 0 Å². The number of anilines is 1. The molecule has 150 valence electrons. The van der Waals surface area contributed by atoms with Crippen molar-refractivity contribution < 1.29 is 31.5 Å². The van der Waals surface area contributed by atoms with Crippen LogP contribution in [0.4, 0.5) is 27.6 Å². The van der Waals surface area contributed by atoms with Crippen molar-refractivity contribution in [3.63, 3.8) is 0 Å². The van der Waals surface area contributed by atoms with Gasteiger partial charge >= 0.3 is 12.1 Å². The summed E-state index contributed by atoms with van der Waals surface area (Å²) in [5.74, 6) is -3.90. The summed E-state index contributed by atoms with van der Waals surface area (Å²) >= 11 is 0. The Kier molecular flexibility index (Phi) is 5.12. The zero-order valence-electron chi connectivity index (χ0n) is 15.3. The number of nitrogens with zero attached hydrogens (tertiary/aromatic N) is 1. The SMILES string of the molecule is COC(=O)c1c(N2CCCC(F)(F)CC2)cc(C2CC2)c(C(F)(F)F)c1C. The van der Waals surface area contributed by atoms with Gasteiger partial charge < -0.3 is 9.64 Å². The molecule has 1 aliphatic carbocycles. The fraction of sp³-hybridized carbons (Fsp3) is 0.632. The number of carbonyl (C=O) groups is 1. The standard InChI is InChI=1S/C19H22F5NO2/c1-11-15(17(26)27-2)14(25-8-3-6-18(20,21)7-9-25)10-13(12-4-5-12)16(11)19(22,23)24/h10,12H,3-9H2,1-2H3. The van der Waals surface area contributed by atoms with E-state index in [-0.39, 0.29) is 54.2 Å². The Bertz CT molecular complexity index is 741. The largest absolute Gasteiger partial charge is 0.465 e. The Morgan fingerprint density at radius 2 is 1.89 bits per heavy atom. The molecule has 0 unspecified atom stereocenters. The molecule has 0 radical (unpaired) electrons. The second-order valence-corrected chi connectivity index (χ2v) is 7.32. The average molecular weight is 391 g/mol. The van der Waals surface area contributed by atoms with Crippen LogP contribution in [0.3, 0.4) is 0 Å². The maximum atomic E-state index is 13.7. The van der Waals surface area contributed by atoms with Gasteiger partial charge in [0.15, 0.2) is 0 Å². The van der Waals surface area contributed by atoms with E-state index >= 15 is 0 Å². The third kappa shape index (κ3) is 4.04. The van der Waals surface area contributed by atoms with Crippen LogP contribution < -0.4 is 4.90 Å². The van der Waals surface area contributed by atoms with E-state index in [4.69, 9.17) is 4.74 Å². The molecule has 1 aliphatic heterocycles. The zero-order valence-corrected chi connectivity index (χ0v) is 15.3. The van der Waals surface area contributed by atoms with E-state index in [1.165, 1.54) is 13.0 Å². The number of hydrogen-bond acceptors (Lipinski definition) is 3. The molecule has 1 heterocycles. The van der Waals surface area contributed by atoms with Crippen LogP contribution in [-0.2, 0) is 10.9 Å². The van der Waals surface area contributed by atoms with Crippen molar-refractivity contribution in [1.29, 1.82) is 0 Å². The van der Waals surface area contributed by atoms with Crippen LogP contribution in [-0.4, -0.2) is 32.1 Å². The summed E-state index contributed by atoms with van der Waals surface area (Å²) in [7, 11) is 1.10. The summed E-state index contributed by atoms with van der Waals surface area (Å²) in [6.07, 6.45) is -3.77. The molecule has 0 N–H and O–H groups in total. The first-order valence-corrected chi connectivity index (χ1v) is 9.01. The summed E-state index contributed by atoms with van der Waals surface area (Å²) in [4.78, 5) is 13.9. The van der Waals surface area contributed by atoms with Crippen LogP contribution in [0, 0.1) is 6.92 Å². The molecular weight excluding hydrogens is 369 g/mol. The number of esters is 1. The number of halogens is 5. The van der Waals surface area contributed by atoms with Gasteiger partial charge in [0.2, 0.25) is 5.92 Å². The summed E-state index contributed by atoms with van der Waals surface area (Å²) in [6.45, 7) is 1.50. The lowest BCUT2D eigenvalue weighted by atomic mass is 9.91. The highest BCUT2D eigenvalue weighted by molar-refractivity contribution is 5.98. The lowest BCUT2D eigenvalue weighted by molar-refractivity contribution is -0.138. The lowest BCUT2D eigenvalue weighted by Crippen LogP contribution is -2.29. The van der Waals surface area contributed by atoms with Gasteiger partial charge in [0.1, 0.15) is 0 Å². The summed E-state index contributed by atoms with van der Waals surface area (Å²) in [5.41, 5.74) is -0.746. The first-order chi connectivity index (χ1) is 12.5. The molecule has 0 bridgehead atoms. The van der Waals surface area contributed by atoms with Gasteiger partial charge in [0.05, 0.1) is 23.9 Å². The van der Waals surface area contributed by atoms with Crippen LogP contribution >= 0.6 is 0 Å². The van der Waals surface area contributed by atoms with Crippen molar-refractivity contribution in [2.24, 2.45) is 0 Å². The molecule has 1 aromatic rings. The predicted molar refractivity (Wildman–Crippen MR) is 90.5 cm³/mol. The minimum atomic E-state index is -4.60. The quantitative estimate of drug-likeness (QED) is 0.517. The minimum Gasteiger partial charge on any atom is -0.465 e. The fourth-order valence-corrected chi connectivity index (χ4v) is 3.83. The van der Waals surface area contributed by atoms with Crippen molar-refractivity contribution in [3.05, 3.63) is 28.3 Å². The van der Waals surface area contributed by atoms with Gasteiger partial charge in [-0.15, -0.1) is 0 Å². The van der Waals surface area contributed by atoms with Gasteiger partial charge in [-0.25, -0.2) is 13.6 Å². The van der Waals surface area contributed by atoms with Crippen molar-refractivity contribution in [1.82, 2.24) is 0 Å². The molecule has 1 saturated carbocycles. The monoisotopic (exact) mass is 391 g/mol. The molecule has 8 heteroatoms.